The minimum absolute atomic E-state index is 0.0407. The van der Waals surface area contributed by atoms with Crippen LogP contribution in [0.2, 0.25) is 0 Å². The van der Waals surface area contributed by atoms with Crippen LogP contribution in [0.15, 0.2) is 18.2 Å². The van der Waals surface area contributed by atoms with Crippen LogP contribution in [0.1, 0.15) is 25.8 Å². The first kappa shape index (κ1) is 16.5. The largest absolute Gasteiger partial charge is 0.480 e. The van der Waals surface area contributed by atoms with Crippen LogP contribution in [0.5, 0.6) is 0 Å². The summed E-state index contributed by atoms with van der Waals surface area (Å²) in [6.07, 6.45) is -0.0407. The Balaban J connectivity index is 3.55. The third kappa shape index (κ3) is 3.31. The minimum Gasteiger partial charge on any atom is -0.480 e. The van der Waals surface area contributed by atoms with Crippen molar-refractivity contribution in [1.82, 2.24) is 0 Å². The highest BCUT2D eigenvalue weighted by Gasteiger charge is 2.42. The van der Waals surface area contributed by atoms with E-state index >= 15 is 0 Å². The molecule has 1 unspecified atom stereocenters. The highest BCUT2D eigenvalue weighted by atomic mass is 16.6. The molecule has 3 N–H and O–H groups in total. The van der Waals surface area contributed by atoms with Crippen LogP contribution in [-0.4, -0.2) is 20.9 Å². The first-order chi connectivity index (χ1) is 9.59. The average molecular weight is 297 g/mol. The van der Waals surface area contributed by atoms with Gasteiger partial charge in [-0.2, -0.15) is 0 Å². The molecule has 9 heteroatoms. The number of hydrogen-bond donors (Lipinski definition) is 2. The van der Waals surface area contributed by atoms with Crippen LogP contribution in [-0.2, 0) is 10.3 Å². The number of nitrogens with zero attached hydrogens (tertiary/aromatic N) is 2. The van der Waals surface area contributed by atoms with Crippen LogP contribution >= 0.6 is 0 Å². The van der Waals surface area contributed by atoms with Crippen molar-refractivity contribution in [2.45, 2.75) is 25.8 Å². The molecule has 0 saturated heterocycles. The number of nitro groups is 2. The number of carboxylic acids is 1. The predicted molar refractivity (Wildman–Crippen MR) is 72.7 cm³/mol. The van der Waals surface area contributed by atoms with E-state index in [-0.39, 0.29) is 17.9 Å². The van der Waals surface area contributed by atoms with Gasteiger partial charge < -0.3 is 10.8 Å². The molecule has 0 heterocycles. The second-order valence-electron chi connectivity index (χ2n) is 5.09. The monoisotopic (exact) mass is 297 g/mol. The van der Waals surface area contributed by atoms with Crippen molar-refractivity contribution >= 4 is 17.3 Å². The number of aliphatic carboxylic acids is 1. The SMILES string of the molecule is CC(C)CC(N)(C(=O)O)c1ccc([N+](=O)[O-])cc1[N+](=O)[O-]. The van der Waals surface area contributed by atoms with Gasteiger partial charge in [-0.3, -0.25) is 20.2 Å². The van der Waals surface area contributed by atoms with E-state index in [9.17, 15) is 30.1 Å². The molecular weight excluding hydrogens is 282 g/mol. The molecule has 0 aliphatic rings. The molecule has 0 spiro atoms. The van der Waals surface area contributed by atoms with Gasteiger partial charge in [0.05, 0.1) is 21.5 Å². The highest BCUT2D eigenvalue weighted by Crippen LogP contribution is 2.35. The van der Waals surface area contributed by atoms with E-state index in [1.54, 1.807) is 13.8 Å². The second-order valence-corrected chi connectivity index (χ2v) is 5.09. The first-order valence-corrected chi connectivity index (χ1v) is 6.05. The summed E-state index contributed by atoms with van der Waals surface area (Å²) in [6, 6.07) is 2.76. The van der Waals surface area contributed by atoms with Gasteiger partial charge in [0.1, 0.15) is 5.54 Å². The van der Waals surface area contributed by atoms with Gasteiger partial charge in [0.2, 0.25) is 0 Å². The molecule has 21 heavy (non-hydrogen) atoms. The Kier molecular flexibility index (Phi) is 4.58. The second kappa shape index (κ2) is 5.83. The lowest BCUT2D eigenvalue weighted by molar-refractivity contribution is -0.394. The number of rotatable bonds is 6. The highest BCUT2D eigenvalue weighted by molar-refractivity contribution is 5.82. The summed E-state index contributed by atoms with van der Waals surface area (Å²) in [6.45, 7) is 3.45. The standard InChI is InChI=1S/C12H15N3O6/c1-7(2)6-12(13,11(16)17)9-4-3-8(14(18)19)5-10(9)15(20)21/h3-5,7H,6,13H2,1-2H3,(H,16,17). The van der Waals surface area contributed by atoms with Gasteiger partial charge in [-0.15, -0.1) is 0 Å². The fourth-order valence-corrected chi connectivity index (χ4v) is 2.12. The zero-order chi connectivity index (χ0) is 16.4. The van der Waals surface area contributed by atoms with Gasteiger partial charge in [0.15, 0.2) is 0 Å². The van der Waals surface area contributed by atoms with Crippen LogP contribution in [0.4, 0.5) is 11.4 Å². The van der Waals surface area contributed by atoms with E-state index in [1.807, 2.05) is 0 Å². The Labute approximate surface area is 119 Å². The molecule has 0 aliphatic carbocycles. The Hall–Kier alpha value is -2.55. The number of non-ortho nitro benzene ring substituents is 1. The van der Waals surface area contributed by atoms with E-state index in [4.69, 9.17) is 5.73 Å². The zero-order valence-electron chi connectivity index (χ0n) is 11.5. The summed E-state index contributed by atoms with van der Waals surface area (Å²) in [4.78, 5) is 31.6. The number of carboxylic acid groups (broad SMARTS) is 1. The average Bonchev–Trinajstić information content (AvgIpc) is 2.36. The molecule has 1 rings (SSSR count). The summed E-state index contributed by atoms with van der Waals surface area (Å²) >= 11 is 0. The fraction of sp³-hybridized carbons (Fsp3) is 0.417. The molecule has 0 saturated carbocycles. The summed E-state index contributed by atoms with van der Waals surface area (Å²) < 4.78 is 0. The van der Waals surface area contributed by atoms with E-state index in [1.165, 1.54) is 0 Å². The van der Waals surface area contributed by atoms with Crippen LogP contribution in [0, 0.1) is 26.1 Å². The van der Waals surface area contributed by atoms with Crippen molar-refractivity contribution in [3.63, 3.8) is 0 Å². The van der Waals surface area contributed by atoms with Crippen molar-refractivity contribution in [3.05, 3.63) is 44.0 Å². The van der Waals surface area contributed by atoms with Crippen LogP contribution < -0.4 is 5.73 Å². The fourth-order valence-electron chi connectivity index (χ4n) is 2.12. The minimum atomic E-state index is -1.98. The molecule has 1 aromatic rings. The molecule has 1 aromatic carbocycles. The molecule has 1 atom stereocenters. The molecule has 0 radical (unpaired) electrons. The Morgan fingerprint density at radius 2 is 1.90 bits per heavy atom. The molecule has 0 aromatic heterocycles. The quantitative estimate of drug-likeness (QED) is 0.600. The van der Waals surface area contributed by atoms with E-state index in [2.05, 4.69) is 0 Å². The van der Waals surface area contributed by atoms with Crippen molar-refractivity contribution in [2.24, 2.45) is 11.7 Å². The summed E-state index contributed by atoms with van der Waals surface area (Å²) in [5.74, 6) is -1.56. The third-order valence-electron chi connectivity index (χ3n) is 2.98. The van der Waals surface area contributed by atoms with Gasteiger partial charge in [0, 0.05) is 6.07 Å². The molecule has 0 fully saturated rings. The number of benzene rings is 1. The Bertz CT molecular complexity index is 601. The maximum atomic E-state index is 11.5. The van der Waals surface area contributed by atoms with Gasteiger partial charge >= 0.3 is 5.97 Å². The van der Waals surface area contributed by atoms with E-state index < -0.39 is 32.7 Å². The molecule has 0 bridgehead atoms. The molecule has 0 aliphatic heterocycles. The predicted octanol–water partition coefficient (Wildman–Crippen LogP) is 1.79. The van der Waals surface area contributed by atoms with Crippen molar-refractivity contribution in [1.29, 1.82) is 0 Å². The van der Waals surface area contributed by atoms with Crippen molar-refractivity contribution < 1.29 is 19.7 Å². The van der Waals surface area contributed by atoms with Crippen LogP contribution in [0.25, 0.3) is 0 Å². The summed E-state index contributed by atoms with van der Waals surface area (Å²) in [7, 11) is 0. The summed E-state index contributed by atoms with van der Waals surface area (Å²) in [5, 5.41) is 31.1. The number of nitro benzene ring substituents is 2. The summed E-state index contributed by atoms with van der Waals surface area (Å²) in [5.41, 5.74) is 2.45. The van der Waals surface area contributed by atoms with E-state index in [0.717, 1.165) is 18.2 Å². The van der Waals surface area contributed by atoms with E-state index in [0.29, 0.717) is 0 Å². The lowest BCUT2D eigenvalue weighted by atomic mass is 9.82. The van der Waals surface area contributed by atoms with Gasteiger partial charge in [-0.25, -0.2) is 4.79 Å². The molecule has 0 amide bonds. The Morgan fingerprint density at radius 1 is 1.33 bits per heavy atom. The number of nitrogens with two attached hydrogens (primary N) is 1. The lowest BCUT2D eigenvalue weighted by Crippen LogP contribution is -2.46. The van der Waals surface area contributed by atoms with Gasteiger partial charge in [-0.1, -0.05) is 13.8 Å². The molecule has 114 valence electrons. The van der Waals surface area contributed by atoms with Crippen molar-refractivity contribution in [2.75, 3.05) is 0 Å². The maximum absolute atomic E-state index is 11.5. The van der Waals surface area contributed by atoms with Crippen LogP contribution in [0.3, 0.4) is 0 Å². The van der Waals surface area contributed by atoms with Crippen molar-refractivity contribution in [3.8, 4) is 0 Å². The molecular formula is C12H15N3O6. The topological polar surface area (TPSA) is 150 Å². The zero-order valence-corrected chi connectivity index (χ0v) is 11.5. The van der Waals surface area contributed by atoms with Gasteiger partial charge in [0.25, 0.3) is 11.4 Å². The third-order valence-corrected chi connectivity index (χ3v) is 2.98. The van der Waals surface area contributed by atoms with Gasteiger partial charge in [-0.05, 0) is 18.4 Å². The number of carbonyl (C=O) groups is 1. The maximum Gasteiger partial charge on any atom is 0.328 e. The Morgan fingerprint density at radius 3 is 2.29 bits per heavy atom. The normalized spacial score (nSPS) is 13.7. The first-order valence-electron chi connectivity index (χ1n) is 6.05. The smallest absolute Gasteiger partial charge is 0.328 e. The number of hydrogen-bond acceptors (Lipinski definition) is 6. The lowest BCUT2D eigenvalue weighted by Gasteiger charge is -2.26. The molecule has 9 nitrogen and oxygen atoms in total.